The zero-order chi connectivity index (χ0) is 39.1. The molecule has 0 saturated heterocycles. The van der Waals surface area contributed by atoms with Gasteiger partial charge in [-0.15, -0.1) is 0 Å². The van der Waals surface area contributed by atoms with Crippen LogP contribution in [0.2, 0.25) is 0 Å². The van der Waals surface area contributed by atoms with Gasteiger partial charge in [0.05, 0.1) is 25.4 Å². The molecule has 0 amide bonds. The van der Waals surface area contributed by atoms with E-state index < -0.39 is 31.1 Å². The second-order valence-electron chi connectivity index (χ2n) is 15.3. The van der Waals surface area contributed by atoms with Crippen LogP contribution >= 0.6 is 6.72 Å². The van der Waals surface area contributed by atoms with Gasteiger partial charge in [0.15, 0.2) is 0 Å². The number of allylic oxidation sites excluding steroid dienone is 4. The zero-order valence-electron chi connectivity index (χ0n) is 35.1. The summed E-state index contributed by atoms with van der Waals surface area (Å²) in [5.74, 6) is 0. The van der Waals surface area contributed by atoms with Crippen molar-refractivity contribution in [2.75, 3.05) is 27.4 Å². The van der Waals surface area contributed by atoms with Crippen LogP contribution in [0.25, 0.3) is 0 Å². The SMILES string of the molecule is CCCCCCCC/C=C\CCCCCCCCC(OP(O)(=S)OC(CCCCCCCC/C=C\CCCCCCCC)C(O)COC)C(O)COC. The molecule has 0 aliphatic rings. The van der Waals surface area contributed by atoms with Crippen molar-refractivity contribution in [1.82, 2.24) is 0 Å². The molecule has 0 fully saturated rings. The predicted molar refractivity (Wildman–Crippen MR) is 230 cm³/mol. The first-order valence-corrected chi connectivity index (χ1v) is 24.7. The summed E-state index contributed by atoms with van der Waals surface area (Å²) in [5, 5.41) is 21.5. The quantitative estimate of drug-likeness (QED) is 0.0319. The van der Waals surface area contributed by atoms with Crippen LogP contribution in [0.5, 0.6) is 0 Å². The number of aliphatic hydroxyl groups is 2. The molecule has 0 radical (unpaired) electrons. The Bertz CT molecular complexity index is 794. The fourth-order valence-corrected chi connectivity index (χ4v) is 8.63. The average Bonchev–Trinajstić information content (AvgIpc) is 3.13. The van der Waals surface area contributed by atoms with Crippen molar-refractivity contribution in [3.05, 3.63) is 24.3 Å². The molecule has 0 bridgehead atoms. The molecule has 0 rings (SSSR count). The van der Waals surface area contributed by atoms with Crippen molar-refractivity contribution in [1.29, 1.82) is 0 Å². The molecule has 0 spiro atoms. The Labute approximate surface area is 333 Å². The Kier molecular flexibility index (Phi) is 39.9. The molecule has 0 aliphatic carbocycles. The third kappa shape index (κ3) is 36.0. The summed E-state index contributed by atoms with van der Waals surface area (Å²) in [4.78, 5) is 11.1. The summed E-state index contributed by atoms with van der Waals surface area (Å²) >= 11 is 5.44. The Hall–Kier alpha value is -0.150. The maximum Gasteiger partial charge on any atom is 0.325 e. The van der Waals surface area contributed by atoms with Gasteiger partial charge in [-0.2, -0.15) is 0 Å². The molecule has 0 aliphatic heterocycles. The standard InChI is InChI=1S/C44H87O7PS/c1-5-7-9-11-13-15-17-19-21-23-25-27-29-31-33-35-37-43(41(45)39-48-3)50-52(47,53)51-44(42(46)40-49-4)38-36-34-32-30-28-26-24-22-20-18-16-14-12-10-8-6-2/h19-22,41-46H,5-18,23-40H2,1-4H3,(H,47,53)/b21-19-,22-20-. The van der Waals surface area contributed by atoms with Crippen molar-refractivity contribution >= 4 is 18.5 Å². The smallest absolute Gasteiger partial charge is 0.325 e. The number of aliphatic hydroxyl groups excluding tert-OH is 2. The van der Waals surface area contributed by atoms with E-state index in [4.69, 9.17) is 30.3 Å². The summed E-state index contributed by atoms with van der Waals surface area (Å²) in [7, 11) is 3.06. The first-order valence-electron chi connectivity index (χ1n) is 22.1. The van der Waals surface area contributed by atoms with Crippen molar-refractivity contribution < 1.29 is 33.6 Å². The lowest BCUT2D eigenvalue weighted by Gasteiger charge is -2.31. The number of rotatable bonds is 42. The number of methoxy groups -OCH3 is 2. The fourth-order valence-electron chi connectivity index (χ4n) is 6.74. The van der Waals surface area contributed by atoms with Crippen LogP contribution in [0.15, 0.2) is 24.3 Å². The molecular weight excluding hydrogens is 704 g/mol. The van der Waals surface area contributed by atoms with Crippen LogP contribution in [0.1, 0.15) is 206 Å². The molecule has 3 N–H and O–H groups in total. The highest BCUT2D eigenvalue weighted by Crippen LogP contribution is 2.48. The van der Waals surface area contributed by atoms with E-state index in [0.29, 0.717) is 12.8 Å². The Morgan fingerprint density at radius 3 is 1.00 bits per heavy atom. The van der Waals surface area contributed by atoms with Crippen molar-refractivity contribution in [3.63, 3.8) is 0 Å². The summed E-state index contributed by atoms with van der Waals surface area (Å²) in [6, 6.07) is 0. The third-order valence-corrected chi connectivity index (χ3v) is 11.7. The average molecular weight is 791 g/mol. The van der Waals surface area contributed by atoms with E-state index >= 15 is 0 Å². The summed E-state index contributed by atoms with van der Waals surface area (Å²) in [6.07, 6.45) is 41.5. The molecule has 0 aromatic heterocycles. The molecule has 0 aromatic rings. The number of hydrogen-bond acceptors (Lipinski definition) is 7. The van der Waals surface area contributed by atoms with Crippen LogP contribution < -0.4 is 0 Å². The summed E-state index contributed by atoms with van der Waals surface area (Å²) in [5.41, 5.74) is 0. The van der Waals surface area contributed by atoms with E-state index in [1.54, 1.807) is 0 Å². The fraction of sp³-hybridized carbons (Fsp3) is 0.909. The van der Waals surface area contributed by atoms with E-state index in [1.807, 2.05) is 0 Å². The Morgan fingerprint density at radius 2 is 0.717 bits per heavy atom. The molecule has 4 unspecified atom stereocenters. The molecule has 9 heteroatoms. The highest BCUT2D eigenvalue weighted by Gasteiger charge is 2.32. The molecular formula is C44H87O7PS. The van der Waals surface area contributed by atoms with Crippen molar-refractivity contribution in [2.24, 2.45) is 0 Å². The van der Waals surface area contributed by atoms with Gasteiger partial charge in [0, 0.05) is 14.2 Å². The van der Waals surface area contributed by atoms with Crippen molar-refractivity contribution in [3.8, 4) is 0 Å². The van der Waals surface area contributed by atoms with E-state index in [0.717, 1.165) is 51.4 Å². The first-order chi connectivity index (χ1) is 25.8. The van der Waals surface area contributed by atoms with E-state index in [9.17, 15) is 15.1 Å². The van der Waals surface area contributed by atoms with Crippen LogP contribution in [0.4, 0.5) is 0 Å². The zero-order valence-corrected chi connectivity index (χ0v) is 36.8. The lowest BCUT2D eigenvalue weighted by atomic mass is 10.0. The normalized spacial score (nSPS) is 15.7. The predicted octanol–water partition coefficient (Wildman–Crippen LogP) is 12.8. The highest BCUT2D eigenvalue weighted by atomic mass is 32.5. The number of unbranched alkanes of at least 4 members (excludes halogenated alkanes) is 24. The van der Waals surface area contributed by atoms with E-state index in [2.05, 4.69) is 38.2 Å². The largest absolute Gasteiger partial charge is 0.388 e. The second-order valence-corrected chi connectivity index (χ2v) is 18.0. The third-order valence-electron chi connectivity index (χ3n) is 10.1. The molecule has 0 saturated carbocycles. The van der Waals surface area contributed by atoms with Gasteiger partial charge in [-0.3, -0.25) is 0 Å². The maximum atomic E-state index is 11.1. The molecule has 4 atom stereocenters. The minimum absolute atomic E-state index is 0.0809. The van der Waals surface area contributed by atoms with Crippen LogP contribution in [0.3, 0.4) is 0 Å². The van der Waals surface area contributed by atoms with Gasteiger partial charge in [0.25, 0.3) is 0 Å². The van der Waals surface area contributed by atoms with E-state index in [1.165, 1.54) is 143 Å². The molecule has 7 nitrogen and oxygen atoms in total. The Morgan fingerprint density at radius 1 is 0.453 bits per heavy atom. The van der Waals surface area contributed by atoms with Crippen molar-refractivity contribution in [2.45, 2.75) is 231 Å². The monoisotopic (exact) mass is 791 g/mol. The minimum Gasteiger partial charge on any atom is -0.388 e. The summed E-state index contributed by atoms with van der Waals surface area (Å²) < 4.78 is 22.2. The molecule has 316 valence electrons. The molecule has 53 heavy (non-hydrogen) atoms. The van der Waals surface area contributed by atoms with Gasteiger partial charge >= 0.3 is 6.72 Å². The van der Waals surface area contributed by atoms with Gasteiger partial charge in [-0.25, -0.2) is 0 Å². The number of ether oxygens (including phenoxy) is 2. The van der Waals surface area contributed by atoms with Gasteiger partial charge in [-0.1, -0.05) is 167 Å². The van der Waals surface area contributed by atoms with Gasteiger partial charge < -0.3 is 33.6 Å². The minimum atomic E-state index is -3.75. The van der Waals surface area contributed by atoms with E-state index in [-0.39, 0.29) is 13.2 Å². The molecule has 0 heterocycles. The number of hydrogen-bond donors (Lipinski definition) is 3. The van der Waals surface area contributed by atoms with Crippen LogP contribution in [-0.2, 0) is 30.3 Å². The highest BCUT2D eigenvalue weighted by molar-refractivity contribution is 8.07. The molecule has 0 aromatic carbocycles. The maximum absolute atomic E-state index is 11.1. The van der Waals surface area contributed by atoms with Crippen LogP contribution in [-0.4, -0.2) is 67.0 Å². The lowest BCUT2D eigenvalue weighted by molar-refractivity contribution is -0.0483. The van der Waals surface area contributed by atoms with Crippen LogP contribution in [0, 0.1) is 0 Å². The first kappa shape index (κ1) is 52.9. The summed E-state index contributed by atoms with van der Waals surface area (Å²) in [6.45, 7) is 0.936. The van der Waals surface area contributed by atoms with Gasteiger partial charge in [0.2, 0.25) is 0 Å². The second kappa shape index (κ2) is 40.1. The van der Waals surface area contributed by atoms with Gasteiger partial charge in [-0.05, 0) is 76.0 Å². The topological polar surface area (TPSA) is 97.6 Å². The lowest BCUT2D eigenvalue weighted by Crippen LogP contribution is -2.35. The van der Waals surface area contributed by atoms with Gasteiger partial charge in [0.1, 0.15) is 12.2 Å². The Balaban J connectivity index is 4.42.